The lowest BCUT2D eigenvalue weighted by Gasteiger charge is -2.38. The Bertz CT molecular complexity index is 500. The Morgan fingerprint density at radius 1 is 1.47 bits per heavy atom. The van der Waals surface area contributed by atoms with Crippen molar-refractivity contribution in [2.45, 2.75) is 24.8 Å². The Morgan fingerprint density at radius 3 is 2.79 bits per heavy atom. The van der Waals surface area contributed by atoms with Crippen LogP contribution in [0.2, 0.25) is 0 Å². The summed E-state index contributed by atoms with van der Waals surface area (Å²) in [5.74, 6) is 0. The maximum Gasteiger partial charge on any atom is 0.319 e. The number of carbonyl (C=O) groups excluding carboxylic acids is 1. The van der Waals surface area contributed by atoms with Gasteiger partial charge in [-0.1, -0.05) is 6.07 Å². The van der Waals surface area contributed by atoms with E-state index in [1.807, 2.05) is 0 Å². The molecule has 1 aliphatic carbocycles. The fourth-order valence-electron chi connectivity index (χ4n) is 1.94. The lowest BCUT2D eigenvalue weighted by atomic mass is 9.78. The van der Waals surface area contributed by atoms with Gasteiger partial charge in [0.1, 0.15) is 0 Å². The number of nitro groups is 1. The summed E-state index contributed by atoms with van der Waals surface area (Å²) in [5.41, 5.74) is 6.00. The van der Waals surface area contributed by atoms with Gasteiger partial charge in [0, 0.05) is 29.9 Å². The van der Waals surface area contributed by atoms with Crippen molar-refractivity contribution in [2.75, 3.05) is 11.9 Å². The van der Waals surface area contributed by atoms with Crippen molar-refractivity contribution in [2.24, 2.45) is 5.73 Å². The summed E-state index contributed by atoms with van der Waals surface area (Å²) in [4.78, 5) is 21.7. The zero-order valence-corrected chi connectivity index (χ0v) is 10.4. The van der Waals surface area contributed by atoms with Crippen molar-refractivity contribution in [3.05, 3.63) is 34.4 Å². The molecule has 0 aliphatic heterocycles. The Labute approximate surface area is 110 Å². The molecule has 7 heteroatoms. The summed E-state index contributed by atoms with van der Waals surface area (Å²) < 4.78 is 0. The van der Waals surface area contributed by atoms with Crippen LogP contribution in [-0.4, -0.2) is 23.0 Å². The van der Waals surface area contributed by atoms with E-state index in [4.69, 9.17) is 5.73 Å². The van der Waals surface area contributed by atoms with Crippen LogP contribution in [0, 0.1) is 10.1 Å². The van der Waals surface area contributed by atoms with Crippen molar-refractivity contribution >= 4 is 17.4 Å². The highest BCUT2D eigenvalue weighted by Crippen LogP contribution is 2.28. The number of nitrogens with zero attached hydrogens (tertiary/aromatic N) is 1. The summed E-state index contributed by atoms with van der Waals surface area (Å²) in [6.45, 7) is 0.410. The van der Waals surface area contributed by atoms with Gasteiger partial charge in [0.05, 0.1) is 4.92 Å². The smallest absolute Gasteiger partial charge is 0.319 e. The Morgan fingerprint density at radius 2 is 2.21 bits per heavy atom. The molecule has 0 spiro atoms. The van der Waals surface area contributed by atoms with Gasteiger partial charge in [-0.25, -0.2) is 4.79 Å². The van der Waals surface area contributed by atoms with Crippen LogP contribution < -0.4 is 16.4 Å². The number of hydrogen-bond donors (Lipinski definition) is 3. The topological polar surface area (TPSA) is 110 Å². The number of non-ortho nitro benzene ring substituents is 1. The largest absolute Gasteiger partial charge is 0.336 e. The molecule has 1 fully saturated rings. The highest BCUT2D eigenvalue weighted by Gasteiger charge is 2.32. The van der Waals surface area contributed by atoms with Crippen molar-refractivity contribution < 1.29 is 9.72 Å². The van der Waals surface area contributed by atoms with Gasteiger partial charge in [0.25, 0.3) is 5.69 Å². The van der Waals surface area contributed by atoms with Gasteiger partial charge in [-0.3, -0.25) is 10.1 Å². The molecule has 0 radical (unpaired) electrons. The van der Waals surface area contributed by atoms with Crippen LogP contribution in [0.5, 0.6) is 0 Å². The predicted molar refractivity (Wildman–Crippen MR) is 70.9 cm³/mol. The van der Waals surface area contributed by atoms with Crippen molar-refractivity contribution in [3.63, 3.8) is 0 Å². The highest BCUT2D eigenvalue weighted by atomic mass is 16.6. The van der Waals surface area contributed by atoms with Crippen LogP contribution in [0.25, 0.3) is 0 Å². The number of rotatable bonds is 4. The Hall–Kier alpha value is -2.15. The number of benzene rings is 1. The van der Waals surface area contributed by atoms with Crippen molar-refractivity contribution in [1.82, 2.24) is 5.32 Å². The zero-order chi connectivity index (χ0) is 13.9. The molecule has 0 aromatic heterocycles. The monoisotopic (exact) mass is 264 g/mol. The molecule has 1 aliphatic rings. The van der Waals surface area contributed by atoms with Gasteiger partial charge in [0.2, 0.25) is 0 Å². The van der Waals surface area contributed by atoms with E-state index in [2.05, 4.69) is 10.6 Å². The molecule has 0 saturated heterocycles. The number of urea groups is 1. The molecular weight excluding hydrogens is 248 g/mol. The van der Waals surface area contributed by atoms with Crippen LogP contribution in [-0.2, 0) is 0 Å². The molecule has 102 valence electrons. The summed E-state index contributed by atoms with van der Waals surface area (Å²) in [7, 11) is 0. The Kier molecular flexibility index (Phi) is 3.66. The lowest BCUT2D eigenvalue weighted by molar-refractivity contribution is -0.384. The maximum absolute atomic E-state index is 11.6. The quantitative estimate of drug-likeness (QED) is 0.566. The molecule has 4 N–H and O–H groups in total. The third-order valence-corrected chi connectivity index (χ3v) is 3.27. The average molecular weight is 264 g/mol. The summed E-state index contributed by atoms with van der Waals surface area (Å²) in [6, 6.07) is 5.38. The van der Waals surface area contributed by atoms with Gasteiger partial charge in [-0.15, -0.1) is 0 Å². The second kappa shape index (κ2) is 5.23. The van der Waals surface area contributed by atoms with Gasteiger partial charge in [-0.05, 0) is 25.3 Å². The van der Waals surface area contributed by atoms with E-state index >= 15 is 0 Å². The second-order valence-corrected chi connectivity index (χ2v) is 4.83. The van der Waals surface area contributed by atoms with Gasteiger partial charge >= 0.3 is 6.03 Å². The number of hydrogen-bond acceptors (Lipinski definition) is 4. The Balaban J connectivity index is 1.88. The molecule has 0 unspecified atom stereocenters. The molecule has 19 heavy (non-hydrogen) atoms. The number of nitrogens with one attached hydrogen (secondary N) is 2. The maximum atomic E-state index is 11.6. The first-order valence-corrected chi connectivity index (χ1v) is 6.07. The second-order valence-electron chi connectivity index (χ2n) is 4.83. The molecule has 7 nitrogen and oxygen atoms in total. The van der Waals surface area contributed by atoms with Crippen molar-refractivity contribution in [1.29, 1.82) is 0 Å². The zero-order valence-electron chi connectivity index (χ0n) is 10.4. The van der Waals surface area contributed by atoms with E-state index in [9.17, 15) is 14.9 Å². The summed E-state index contributed by atoms with van der Waals surface area (Å²) in [6.07, 6.45) is 2.90. The molecule has 2 amide bonds. The van der Waals surface area contributed by atoms with Crippen LogP contribution in [0.3, 0.4) is 0 Å². The minimum atomic E-state index is -0.508. The van der Waals surface area contributed by atoms with E-state index in [-0.39, 0.29) is 11.2 Å². The van der Waals surface area contributed by atoms with Gasteiger partial charge in [-0.2, -0.15) is 0 Å². The minimum absolute atomic E-state index is 0.0629. The molecule has 0 bridgehead atoms. The minimum Gasteiger partial charge on any atom is -0.336 e. The van der Waals surface area contributed by atoms with Crippen LogP contribution in [0.4, 0.5) is 16.2 Å². The molecule has 1 aromatic carbocycles. The van der Waals surface area contributed by atoms with E-state index in [0.29, 0.717) is 12.2 Å². The molecule has 1 aromatic rings. The summed E-state index contributed by atoms with van der Waals surface area (Å²) >= 11 is 0. The van der Waals surface area contributed by atoms with E-state index in [0.717, 1.165) is 19.3 Å². The van der Waals surface area contributed by atoms with Gasteiger partial charge in [0.15, 0.2) is 0 Å². The number of amides is 2. The number of nitrogens with two attached hydrogens (primary N) is 1. The van der Waals surface area contributed by atoms with Crippen LogP contribution in [0.1, 0.15) is 19.3 Å². The lowest BCUT2D eigenvalue weighted by Crippen LogP contribution is -2.55. The third-order valence-electron chi connectivity index (χ3n) is 3.27. The standard InChI is InChI=1S/C12H16N4O3/c13-12(5-2-6-12)8-14-11(17)15-9-3-1-4-10(7-9)16(18)19/h1,3-4,7H,2,5-6,8,13H2,(H2,14,15,17). The fraction of sp³-hybridized carbons (Fsp3) is 0.417. The summed E-state index contributed by atoms with van der Waals surface area (Å²) in [5, 5.41) is 15.8. The molecular formula is C12H16N4O3. The molecule has 0 heterocycles. The fourth-order valence-corrected chi connectivity index (χ4v) is 1.94. The molecule has 0 atom stereocenters. The first kappa shape index (κ1) is 13.3. The van der Waals surface area contributed by atoms with E-state index < -0.39 is 11.0 Å². The third kappa shape index (κ3) is 3.41. The first-order valence-electron chi connectivity index (χ1n) is 6.07. The molecule has 1 saturated carbocycles. The SMILES string of the molecule is NC1(CNC(=O)Nc2cccc([N+](=O)[O-])c2)CCC1. The van der Waals surface area contributed by atoms with Crippen molar-refractivity contribution in [3.8, 4) is 0 Å². The first-order chi connectivity index (χ1) is 8.98. The van der Waals surface area contributed by atoms with Gasteiger partial charge < -0.3 is 16.4 Å². The van der Waals surface area contributed by atoms with E-state index in [1.54, 1.807) is 6.07 Å². The number of carbonyl (C=O) groups is 1. The normalized spacial score (nSPS) is 16.3. The molecule has 2 rings (SSSR count). The highest BCUT2D eigenvalue weighted by molar-refractivity contribution is 5.89. The number of anilines is 1. The van der Waals surface area contributed by atoms with Crippen LogP contribution >= 0.6 is 0 Å². The van der Waals surface area contributed by atoms with Crippen LogP contribution in [0.15, 0.2) is 24.3 Å². The predicted octanol–water partition coefficient (Wildman–Crippen LogP) is 1.60. The average Bonchev–Trinajstić information content (AvgIpc) is 2.34. The van der Waals surface area contributed by atoms with E-state index in [1.165, 1.54) is 18.2 Å². The number of nitro benzene ring substituents is 1.